The molecule has 104 valence electrons. The largest absolute Gasteiger partial charge is 0.435 e. The van der Waals surface area contributed by atoms with Crippen molar-refractivity contribution in [2.75, 3.05) is 12.8 Å². The molecule has 0 bridgehead atoms. The standard InChI is InChI=1S/C12H10Cl2N4O2/c1-16-12(19)9-2-3-11(18-17-9)20-10-5-7(14)6(13)4-8(10)15/h2-5H,15H2,1H3,(H,16,19). The summed E-state index contributed by atoms with van der Waals surface area (Å²) in [7, 11) is 1.50. The molecule has 0 radical (unpaired) electrons. The van der Waals surface area contributed by atoms with Gasteiger partial charge in [0.25, 0.3) is 5.91 Å². The molecule has 0 spiro atoms. The van der Waals surface area contributed by atoms with Crippen LogP contribution in [0.4, 0.5) is 5.69 Å². The first-order valence-corrected chi connectivity index (χ1v) is 6.25. The number of nitrogen functional groups attached to an aromatic ring is 1. The molecule has 0 atom stereocenters. The summed E-state index contributed by atoms with van der Waals surface area (Å²) in [5.41, 5.74) is 6.26. The number of nitrogens with zero attached hydrogens (tertiary/aromatic N) is 2. The predicted octanol–water partition coefficient (Wildman–Crippen LogP) is 2.52. The molecule has 0 aliphatic rings. The Morgan fingerprint density at radius 2 is 1.95 bits per heavy atom. The van der Waals surface area contributed by atoms with Crippen LogP contribution < -0.4 is 15.8 Å². The molecule has 8 heteroatoms. The first-order valence-electron chi connectivity index (χ1n) is 5.49. The van der Waals surface area contributed by atoms with Gasteiger partial charge in [-0.2, -0.15) is 0 Å². The quantitative estimate of drug-likeness (QED) is 0.850. The summed E-state index contributed by atoms with van der Waals surface area (Å²) in [6, 6.07) is 5.94. The van der Waals surface area contributed by atoms with E-state index in [2.05, 4.69) is 15.5 Å². The van der Waals surface area contributed by atoms with Gasteiger partial charge in [-0.25, -0.2) is 0 Å². The highest BCUT2D eigenvalue weighted by Gasteiger charge is 2.10. The van der Waals surface area contributed by atoms with Crippen LogP contribution in [0.5, 0.6) is 11.6 Å². The number of carbonyl (C=O) groups is 1. The van der Waals surface area contributed by atoms with Crippen molar-refractivity contribution in [1.29, 1.82) is 0 Å². The zero-order valence-corrected chi connectivity index (χ0v) is 11.9. The highest BCUT2D eigenvalue weighted by molar-refractivity contribution is 6.42. The van der Waals surface area contributed by atoms with E-state index in [1.165, 1.54) is 31.3 Å². The van der Waals surface area contributed by atoms with E-state index in [-0.39, 0.29) is 17.5 Å². The fourth-order valence-electron chi connectivity index (χ4n) is 1.37. The SMILES string of the molecule is CNC(=O)c1ccc(Oc2cc(Cl)c(Cl)cc2N)nn1. The first kappa shape index (κ1) is 14.4. The zero-order chi connectivity index (χ0) is 14.7. The molecule has 0 aliphatic carbocycles. The van der Waals surface area contributed by atoms with Crippen molar-refractivity contribution in [3.8, 4) is 11.6 Å². The number of nitrogens with two attached hydrogens (primary N) is 1. The number of hydrogen-bond donors (Lipinski definition) is 2. The van der Waals surface area contributed by atoms with Crippen LogP contribution in [-0.4, -0.2) is 23.2 Å². The summed E-state index contributed by atoms with van der Waals surface area (Å²) in [4.78, 5) is 11.3. The second-order valence-electron chi connectivity index (χ2n) is 3.74. The molecule has 1 aromatic carbocycles. The third-order valence-corrected chi connectivity index (χ3v) is 3.09. The minimum absolute atomic E-state index is 0.182. The molecule has 0 aliphatic heterocycles. The number of carbonyl (C=O) groups excluding carboxylic acids is 1. The van der Waals surface area contributed by atoms with Crippen LogP contribution in [-0.2, 0) is 0 Å². The van der Waals surface area contributed by atoms with E-state index in [4.69, 9.17) is 33.7 Å². The number of hydrogen-bond acceptors (Lipinski definition) is 5. The van der Waals surface area contributed by atoms with Gasteiger partial charge in [-0.15, -0.1) is 10.2 Å². The number of nitrogens with one attached hydrogen (secondary N) is 1. The summed E-state index contributed by atoms with van der Waals surface area (Å²) in [6.07, 6.45) is 0. The highest BCUT2D eigenvalue weighted by Crippen LogP contribution is 2.34. The maximum atomic E-state index is 11.3. The number of halogens is 2. The average molecular weight is 313 g/mol. The smallest absolute Gasteiger partial charge is 0.271 e. The van der Waals surface area contributed by atoms with Gasteiger partial charge in [0.05, 0.1) is 15.7 Å². The monoisotopic (exact) mass is 312 g/mol. The fraction of sp³-hybridized carbons (Fsp3) is 0.0833. The summed E-state index contributed by atoms with van der Waals surface area (Å²) >= 11 is 11.7. The Balaban J connectivity index is 2.22. The molecule has 3 N–H and O–H groups in total. The van der Waals surface area contributed by atoms with Gasteiger partial charge in [-0.1, -0.05) is 23.2 Å². The number of ether oxygens (including phenoxy) is 1. The first-order chi connectivity index (χ1) is 9.51. The number of benzene rings is 1. The Hall–Kier alpha value is -2.05. The van der Waals surface area contributed by atoms with Crippen molar-refractivity contribution >= 4 is 34.8 Å². The normalized spacial score (nSPS) is 10.2. The van der Waals surface area contributed by atoms with Crippen LogP contribution in [0.2, 0.25) is 10.0 Å². The van der Waals surface area contributed by atoms with Gasteiger partial charge in [0.1, 0.15) is 0 Å². The van der Waals surface area contributed by atoms with Crippen LogP contribution in [0.3, 0.4) is 0 Å². The van der Waals surface area contributed by atoms with Crippen molar-refractivity contribution < 1.29 is 9.53 Å². The van der Waals surface area contributed by atoms with E-state index >= 15 is 0 Å². The van der Waals surface area contributed by atoms with Gasteiger partial charge >= 0.3 is 0 Å². The van der Waals surface area contributed by atoms with Gasteiger partial charge in [-0.3, -0.25) is 4.79 Å². The van der Waals surface area contributed by atoms with Crippen LogP contribution >= 0.6 is 23.2 Å². The van der Waals surface area contributed by atoms with Gasteiger partial charge < -0.3 is 15.8 Å². The van der Waals surface area contributed by atoms with Crippen molar-refractivity contribution in [1.82, 2.24) is 15.5 Å². The Labute approximate surface area is 124 Å². The van der Waals surface area contributed by atoms with Crippen LogP contribution in [0, 0.1) is 0 Å². The summed E-state index contributed by atoms with van der Waals surface area (Å²) in [5, 5.41) is 10.6. The number of aromatic nitrogens is 2. The fourth-order valence-corrected chi connectivity index (χ4v) is 1.69. The summed E-state index contributed by atoms with van der Waals surface area (Å²) in [6.45, 7) is 0. The van der Waals surface area contributed by atoms with Crippen LogP contribution in [0.1, 0.15) is 10.5 Å². The Bertz CT molecular complexity index is 647. The Morgan fingerprint density at radius 1 is 1.25 bits per heavy atom. The molecule has 20 heavy (non-hydrogen) atoms. The van der Waals surface area contributed by atoms with Gasteiger partial charge in [-0.05, 0) is 12.1 Å². The Kier molecular flexibility index (Phi) is 4.26. The predicted molar refractivity (Wildman–Crippen MR) is 76.4 cm³/mol. The minimum Gasteiger partial charge on any atom is -0.435 e. The highest BCUT2D eigenvalue weighted by atomic mass is 35.5. The molecule has 0 fully saturated rings. The number of amides is 1. The lowest BCUT2D eigenvalue weighted by Gasteiger charge is -2.08. The average Bonchev–Trinajstić information content (AvgIpc) is 2.44. The maximum Gasteiger partial charge on any atom is 0.271 e. The summed E-state index contributed by atoms with van der Waals surface area (Å²) in [5.74, 6) is 0.155. The lowest BCUT2D eigenvalue weighted by molar-refractivity contribution is 0.0957. The van der Waals surface area contributed by atoms with E-state index in [9.17, 15) is 4.79 Å². The van der Waals surface area contributed by atoms with Crippen LogP contribution in [0.25, 0.3) is 0 Å². The topological polar surface area (TPSA) is 90.1 Å². The van der Waals surface area contributed by atoms with Crippen molar-refractivity contribution in [2.24, 2.45) is 0 Å². The lowest BCUT2D eigenvalue weighted by atomic mass is 10.3. The molecule has 0 saturated heterocycles. The van der Waals surface area contributed by atoms with Crippen molar-refractivity contribution in [2.45, 2.75) is 0 Å². The van der Waals surface area contributed by atoms with Gasteiger partial charge in [0.15, 0.2) is 11.4 Å². The molecule has 1 heterocycles. The molecular weight excluding hydrogens is 303 g/mol. The van der Waals surface area contributed by atoms with E-state index in [1.807, 2.05) is 0 Å². The third kappa shape index (κ3) is 3.09. The molecule has 1 amide bonds. The molecular formula is C12H10Cl2N4O2. The van der Waals surface area contributed by atoms with E-state index in [0.29, 0.717) is 21.5 Å². The van der Waals surface area contributed by atoms with E-state index in [1.54, 1.807) is 0 Å². The maximum absolute atomic E-state index is 11.3. The molecule has 2 rings (SSSR count). The minimum atomic E-state index is -0.335. The van der Waals surface area contributed by atoms with Crippen LogP contribution in [0.15, 0.2) is 24.3 Å². The molecule has 0 unspecified atom stereocenters. The zero-order valence-electron chi connectivity index (χ0n) is 10.4. The number of rotatable bonds is 3. The van der Waals surface area contributed by atoms with Crippen molar-refractivity contribution in [3.63, 3.8) is 0 Å². The second kappa shape index (κ2) is 5.94. The summed E-state index contributed by atoms with van der Waals surface area (Å²) < 4.78 is 5.44. The molecule has 1 aromatic heterocycles. The lowest BCUT2D eigenvalue weighted by Crippen LogP contribution is -2.19. The second-order valence-corrected chi connectivity index (χ2v) is 4.56. The van der Waals surface area contributed by atoms with Gasteiger partial charge in [0, 0.05) is 19.2 Å². The number of anilines is 1. The van der Waals surface area contributed by atoms with E-state index in [0.717, 1.165) is 0 Å². The molecule has 0 saturated carbocycles. The molecule has 6 nitrogen and oxygen atoms in total. The van der Waals surface area contributed by atoms with Gasteiger partial charge in [0.2, 0.25) is 5.88 Å². The van der Waals surface area contributed by atoms with Crippen molar-refractivity contribution in [3.05, 3.63) is 40.0 Å². The van der Waals surface area contributed by atoms with E-state index < -0.39 is 0 Å². The Morgan fingerprint density at radius 3 is 2.55 bits per heavy atom. The third-order valence-electron chi connectivity index (χ3n) is 2.37. The molecule has 2 aromatic rings.